The lowest BCUT2D eigenvalue weighted by Crippen LogP contribution is -2.11. The van der Waals surface area contributed by atoms with Gasteiger partial charge >= 0.3 is 0 Å². The zero-order chi connectivity index (χ0) is 12.1. The van der Waals surface area contributed by atoms with Crippen molar-refractivity contribution in [2.24, 2.45) is 4.99 Å². The van der Waals surface area contributed by atoms with Crippen molar-refractivity contribution in [3.05, 3.63) is 24.0 Å². The van der Waals surface area contributed by atoms with E-state index in [1.807, 2.05) is 0 Å². The summed E-state index contributed by atoms with van der Waals surface area (Å²) in [6.45, 7) is 0.856. The van der Waals surface area contributed by atoms with Gasteiger partial charge in [0, 0.05) is 30.8 Å². The van der Waals surface area contributed by atoms with Crippen molar-refractivity contribution in [2.45, 2.75) is 25.7 Å². The highest BCUT2D eigenvalue weighted by Gasteiger charge is 2.06. The Morgan fingerprint density at radius 2 is 2.12 bits per heavy atom. The first-order valence-electron chi connectivity index (χ1n) is 5.93. The molecule has 1 heterocycles. The molecule has 0 saturated carbocycles. The van der Waals surface area contributed by atoms with Crippen LogP contribution in [0.2, 0.25) is 0 Å². The molecular weight excluding hydrogens is 219 g/mol. The van der Waals surface area contributed by atoms with Crippen LogP contribution in [0.25, 0.3) is 0 Å². The van der Waals surface area contributed by atoms with Crippen LogP contribution >= 0.6 is 0 Å². The Bertz CT molecular complexity index is 418. The summed E-state index contributed by atoms with van der Waals surface area (Å²) in [7, 11) is 1.53. The van der Waals surface area contributed by atoms with E-state index in [1.54, 1.807) is 6.07 Å². The maximum atomic E-state index is 13.3. The number of rotatable bonds is 2. The number of nitrogens with zero attached hydrogens (tertiary/aromatic N) is 1. The highest BCUT2D eigenvalue weighted by molar-refractivity contribution is 5.95. The van der Waals surface area contributed by atoms with Crippen LogP contribution < -0.4 is 10.1 Å². The summed E-state index contributed by atoms with van der Waals surface area (Å²) < 4.78 is 18.3. The molecule has 1 N–H and O–H groups in total. The van der Waals surface area contributed by atoms with E-state index in [4.69, 9.17) is 4.74 Å². The van der Waals surface area contributed by atoms with Gasteiger partial charge in [-0.2, -0.15) is 0 Å². The van der Waals surface area contributed by atoms with Crippen molar-refractivity contribution < 1.29 is 9.13 Å². The average Bonchev–Trinajstić information content (AvgIpc) is 2.57. The van der Waals surface area contributed by atoms with E-state index in [-0.39, 0.29) is 5.82 Å². The molecule has 3 nitrogen and oxygen atoms in total. The molecule has 0 bridgehead atoms. The third-order valence-electron chi connectivity index (χ3n) is 2.77. The number of aliphatic imine (C=N–C) groups is 1. The molecule has 92 valence electrons. The highest BCUT2D eigenvalue weighted by Crippen LogP contribution is 2.20. The number of ether oxygens (including phenoxy) is 1. The first kappa shape index (κ1) is 11.9. The summed E-state index contributed by atoms with van der Waals surface area (Å²) in [6, 6.07) is 4.59. The van der Waals surface area contributed by atoms with Crippen LogP contribution in [0, 0.1) is 5.82 Å². The van der Waals surface area contributed by atoms with Gasteiger partial charge in [0.2, 0.25) is 0 Å². The smallest absolute Gasteiger partial charge is 0.128 e. The van der Waals surface area contributed by atoms with Crippen LogP contribution in [-0.4, -0.2) is 19.5 Å². The Hall–Kier alpha value is -1.58. The lowest BCUT2D eigenvalue weighted by atomic mass is 10.2. The molecule has 1 aromatic rings. The second-order valence-electron chi connectivity index (χ2n) is 4.14. The van der Waals surface area contributed by atoms with Crippen molar-refractivity contribution in [1.29, 1.82) is 0 Å². The monoisotopic (exact) mass is 236 g/mol. The Morgan fingerprint density at radius 1 is 1.24 bits per heavy atom. The fourth-order valence-electron chi connectivity index (χ4n) is 1.90. The van der Waals surface area contributed by atoms with Gasteiger partial charge in [0.25, 0.3) is 0 Å². The predicted molar refractivity (Wildman–Crippen MR) is 67.3 cm³/mol. The lowest BCUT2D eigenvalue weighted by Gasteiger charge is -2.10. The van der Waals surface area contributed by atoms with E-state index in [0.29, 0.717) is 11.4 Å². The van der Waals surface area contributed by atoms with Gasteiger partial charge in [-0.25, -0.2) is 4.39 Å². The molecule has 1 aliphatic rings. The fraction of sp³-hybridized carbons (Fsp3) is 0.462. The van der Waals surface area contributed by atoms with Crippen LogP contribution in [0.3, 0.4) is 0 Å². The Kier molecular flexibility index (Phi) is 3.96. The molecule has 4 heteroatoms. The number of benzene rings is 1. The quantitative estimate of drug-likeness (QED) is 0.855. The SMILES string of the molecule is COc1cc(F)cc(NC2=NCCCCC2)c1. The van der Waals surface area contributed by atoms with Gasteiger partial charge in [0.15, 0.2) is 0 Å². The molecular formula is C13H17FN2O. The van der Waals surface area contributed by atoms with Crippen molar-refractivity contribution in [3.63, 3.8) is 0 Å². The molecule has 1 aromatic carbocycles. The van der Waals surface area contributed by atoms with E-state index in [2.05, 4.69) is 10.3 Å². The van der Waals surface area contributed by atoms with Crippen LogP contribution in [0.5, 0.6) is 5.75 Å². The number of hydrogen-bond acceptors (Lipinski definition) is 3. The van der Waals surface area contributed by atoms with Crippen molar-refractivity contribution >= 4 is 11.5 Å². The van der Waals surface area contributed by atoms with Crippen molar-refractivity contribution in [3.8, 4) is 5.75 Å². The molecule has 0 amide bonds. The van der Waals surface area contributed by atoms with Gasteiger partial charge in [-0.3, -0.25) is 4.99 Å². The van der Waals surface area contributed by atoms with Crippen LogP contribution in [-0.2, 0) is 0 Å². The van der Waals surface area contributed by atoms with Crippen LogP contribution in [0.15, 0.2) is 23.2 Å². The Morgan fingerprint density at radius 3 is 2.94 bits per heavy atom. The van der Waals surface area contributed by atoms with Gasteiger partial charge in [0.1, 0.15) is 17.4 Å². The van der Waals surface area contributed by atoms with Gasteiger partial charge in [0.05, 0.1) is 7.11 Å². The Labute approximate surface area is 101 Å². The maximum Gasteiger partial charge on any atom is 0.128 e. The molecule has 0 radical (unpaired) electrons. The molecule has 0 atom stereocenters. The molecule has 0 aromatic heterocycles. The number of amidine groups is 1. The summed E-state index contributed by atoms with van der Waals surface area (Å²) >= 11 is 0. The highest BCUT2D eigenvalue weighted by atomic mass is 19.1. The number of anilines is 1. The van der Waals surface area contributed by atoms with E-state index < -0.39 is 0 Å². The third kappa shape index (κ3) is 3.44. The molecule has 0 saturated heterocycles. The van der Waals surface area contributed by atoms with Crippen molar-refractivity contribution in [1.82, 2.24) is 0 Å². The van der Waals surface area contributed by atoms with Gasteiger partial charge < -0.3 is 10.1 Å². The molecule has 17 heavy (non-hydrogen) atoms. The van der Waals surface area contributed by atoms with Gasteiger partial charge in [-0.05, 0) is 18.9 Å². The summed E-state index contributed by atoms with van der Waals surface area (Å²) in [6.07, 6.45) is 4.41. The summed E-state index contributed by atoms with van der Waals surface area (Å²) in [5.41, 5.74) is 0.697. The lowest BCUT2D eigenvalue weighted by molar-refractivity contribution is 0.411. The van der Waals surface area contributed by atoms with Gasteiger partial charge in [-0.1, -0.05) is 6.42 Å². The predicted octanol–water partition coefficient (Wildman–Crippen LogP) is 3.22. The molecule has 1 aliphatic heterocycles. The first-order valence-corrected chi connectivity index (χ1v) is 5.93. The second kappa shape index (κ2) is 5.66. The Balaban J connectivity index is 2.11. The van der Waals surface area contributed by atoms with Crippen molar-refractivity contribution in [2.75, 3.05) is 19.0 Å². The van der Waals surface area contributed by atoms with Crippen LogP contribution in [0.1, 0.15) is 25.7 Å². The van der Waals surface area contributed by atoms with E-state index in [0.717, 1.165) is 31.6 Å². The molecule has 2 rings (SSSR count). The summed E-state index contributed by atoms with van der Waals surface area (Å²) in [5, 5.41) is 3.17. The number of halogens is 1. The zero-order valence-corrected chi connectivity index (χ0v) is 10.0. The van der Waals surface area contributed by atoms with Crippen LogP contribution in [0.4, 0.5) is 10.1 Å². The molecule has 0 spiro atoms. The zero-order valence-electron chi connectivity index (χ0n) is 10.0. The topological polar surface area (TPSA) is 33.6 Å². The maximum absolute atomic E-state index is 13.3. The van der Waals surface area contributed by atoms with E-state index in [1.165, 1.54) is 25.7 Å². The van der Waals surface area contributed by atoms with E-state index in [9.17, 15) is 4.39 Å². The summed E-state index contributed by atoms with van der Waals surface area (Å²) in [5.74, 6) is 1.15. The standard InChI is InChI=1S/C13H17FN2O/c1-17-12-8-10(14)7-11(9-12)16-13-5-3-2-4-6-15-13/h7-9H,2-6H2,1H3,(H,15,16). The number of methoxy groups -OCH3 is 1. The molecule has 0 aliphatic carbocycles. The minimum Gasteiger partial charge on any atom is -0.497 e. The largest absolute Gasteiger partial charge is 0.497 e. The third-order valence-corrected chi connectivity index (χ3v) is 2.77. The number of nitrogens with one attached hydrogen (secondary N) is 1. The second-order valence-corrected chi connectivity index (χ2v) is 4.14. The minimum absolute atomic E-state index is 0.305. The molecule has 0 fully saturated rings. The number of hydrogen-bond donors (Lipinski definition) is 1. The van der Waals surface area contributed by atoms with E-state index >= 15 is 0 Å². The molecule has 0 unspecified atom stereocenters. The first-order chi connectivity index (χ1) is 8.28. The normalized spacial score (nSPS) is 16.0. The summed E-state index contributed by atoms with van der Waals surface area (Å²) in [4.78, 5) is 4.45. The minimum atomic E-state index is -0.305. The fourth-order valence-corrected chi connectivity index (χ4v) is 1.90. The van der Waals surface area contributed by atoms with Gasteiger partial charge in [-0.15, -0.1) is 0 Å². The average molecular weight is 236 g/mol.